The Kier molecular flexibility index (Phi) is 5.27. The third kappa shape index (κ3) is 3.98. The molecule has 102 valence electrons. The predicted molar refractivity (Wildman–Crippen MR) is 78.7 cm³/mol. The SMILES string of the molecule is COCCNCc1nnc(-c2ccc(Cl)cc2C)s1. The number of hydrogen-bond donors (Lipinski definition) is 1. The maximum Gasteiger partial charge on any atom is 0.148 e. The smallest absolute Gasteiger partial charge is 0.148 e. The minimum absolute atomic E-state index is 0.696. The lowest BCUT2D eigenvalue weighted by atomic mass is 10.1. The molecular formula is C13H16ClN3OS. The second-order valence-electron chi connectivity index (χ2n) is 4.13. The second-order valence-corrected chi connectivity index (χ2v) is 5.63. The van der Waals surface area contributed by atoms with E-state index in [9.17, 15) is 0 Å². The predicted octanol–water partition coefficient (Wildman–Crippen LogP) is 2.90. The second kappa shape index (κ2) is 6.96. The fourth-order valence-electron chi connectivity index (χ4n) is 1.67. The van der Waals surface area contributed by atoms with Gasteiger partial charge in [0.1, 0.15) is 10.0 Å². The van der Waals surface area contributed by atoms with Gasteiger partial charge in [0.2, 0.25) is 0 Å². The van der Waals surface area contributed by atoms with E-state index in [1.807, 2.05) is 25.1 Å². The number of hydrogen-bond acceptors (Lipinski definition) is 5. The van der Waals surface area contributed by atoms with E-state index >= 15 is 0 Å². The molecule has 1 N–H and O–H groups in total. The summed E-state index contributed by atoms with van der Waals surface area (Å²) in [5, 5.41) is 14.3. The monoisotopic (exact) mass is 297 g/mol. The van der Waals surface area contributed by atoms with Crippen LogP contribution in [0.15, 0.2) is 18.2 Å². The van der Waals surface area contributed by atoms with Crippen molar-refractivity contribution in [2.75, 3.05) is 20.3 Å². The van der Waals surface area contributed by atoms with E-state index in [0.29, 0.717) is 13.2 Å². The Morgan fingerprint density at radius 3 is 2.95 bits per heavy atom. The topological polar surface area (TPSA) is 47.0 Å². The molecule has 2 aromatic rings. The number of halogens is 1. The average Bonchev–Trinajstić information content (AvgIpc) is 2.83. The van der Waals surface area contributed by atoms with Crippen molar-refractivity contribution in [2.45, 2.75) is 13.5 Å². The number of nitrogens with one attached hydrogen (secondary N) is 1. The van der Waals surface area contributed by atoms with Crippen LogP contribution in [0, 0.1) is 6.92 Å². The first-order chi connectivity index (χ1) is 9.20. The van der Waals surface area contributed by atoms with Crippen LogP contribution < -0.4 is 5.32 Å². The molecule has 0 amide bonds. The van der Waals surface area contributed by atoms with Crippen molar-refractivity contribution in [2.24, 2.45) is 0 Å². The first-order valence-electron chi connectivity index (χ1n) is 5.99. The maximum atomic E-state index is 5.95. The van der Waals surface area contributed by atoms with Crippen LogP contribution in [-0.2, 0) is 11.3 Å². The highest BCUT2D eigenvalue weighted by atomic mass is 35.5. The molecule has 4 nitrogen and oxygen atoms in total. The molecular weight excluding hydrogens is 282 g/mol. The van der Waals surface area contributed by atoms with Gasteiger partial charge < -0.3 is 10.1 Å². The molecule has 19 heavy (non-hydrogen) atoms. The molecule has 1 heterocycles. The van der Waals surface area contributed by atoms with Gasteiger partial charge >= 0.3 is 0 Å². The van der Waals surface area contributed by atoms with E-state index in [2.05, 4.69) is 15.5 Å². The van der Waals surface area contributed by atoms with Gasteiger partial charge in [0.25, 0.3) is 0 Å². The third-order valence-corrected chi connectivity index (χ3v) is 3.84. The van der Waals surface area contributed by atoms with E-state index < -0.39 is 0 Å². The van der Waals surface area contributed by atoms with Crippen LogP contribution >= 0.6 is 22.9 Å². The molecule has 0 aliphatic rings. The van der Waals surface area contributed by atoms with E-state index in [1.54, 1.807) is 18.4 Å². The zero-order valence-electron chi connectivity index (χ0n) is 10.9. The Bertz CT molecular complexity index is 544. The van der Waals surface area contributed by atoms with Gasteiger partial charge in [0, 0.05) is 30.8 Å². The Morgan fingerprint density at radius 1 is 1.37 bits per heavy atom. The molecule has 0 spiro atoms. The van der Waals surface area contributed by atoms with Gasteiger partial charge in [-0.3, -0.25) is 0 Å². The quantitative estimate of drug-likeness (QED) is 0.833. The van der Waals surface area contributed by atoms with Crippen LogP contribution in [0.1, 0.15) is 10.6 Å². The van der Waals surface area contributed by atoms with Crippen molar-refractivity contribution < 1.29 is 4.74 Å². The van der Waals surface area contributed by atoms with Gasteiger partial charge in [-0.05, 0) is 24.6 Å². The lowest BCUT2D eigenvalue weighted by Gasteiger charge is -2.01. The van der Waals surface area contributed by atoms with Gasteiger partial charge in [-0.25, -0.2) is 0 Å². The summed E-state index contributed by atoms with van der Waals surface area (Å²) in [6.45, 7) is 4.25. The van der Waals surface area contributed by atoms with Crippen LogP contribution in [-0.4, -0.2) is 30.5 Å². The average molecular weight is 298 g/mol. The van der Waals surface area contributed by atoms with Crippen molar-refractivity contribution in [3.05, 3.63) is 33.8 Å². The summed E-state index contributed by atoms with van der Waals surface area (Å²) in [7, 11) is 1.69. The van der Waals surface area contributed by atoms with Crippen LogP contribution in [0.3, 0.4) is 0 Å². The van der Waals surface area contributed by atoms with Gasteiger partial charge in [0.05, 0.1) is 6.61 Å². The third-order valence-electron chi connectivity index (χ3n) is 2.64. The number of aromatic nitrogens is 2. The minimum Gasteiger partial charge on any atom is -0.383 e. The molecule has 1 aromatic carbocycles. The highest BCUT2D eigenvalue weighted by Gasteiger charge is 2.09. The highest BCUT2D eigenvalue weighted by molar-refractivity contribution is 7.14. The Hall–Kier alpha value is -1.01. The normalized spacial score (nSPS) is 10.9. The largest absolute Gasteiger partial charge is 0.383 e. The zero-order valence-corrected chi connectivity index (χ0v) is 12.5. The van der Waals surface area contributed by atoms with E-state index in [1.165, 1.54) is 0 Å². The number of aryl methyl sites for hydroxylation is 1. The number of methoxy groups -OCH3 is 1. The molecule has 0 saturated heterocycles. The van der Waals surface area contributed by atoms with Gasteiger partial charge in [-0.2, -0.15) is 0 Å². The maximum absolute atomic E-state index is 5.95. The molecule has 0 radical (unpaired) electrons. The standard InChI is InChI=1S/C13H16ClN3OS/c1-9-7-10(14)3-4-11(9)13-17-16-12(19-13)8-15-5-6-18-2/h3-4,7,15H,5-6,8H2,1-2H3. The van der Waals surface area contributed by atoms with E-state index in [4.69, 9.17) is 16.3 Å². The number of nitrogens with zero attached hydrogens (tertiary/aromatic N) is 2. The molecule has 0 fully saturated rings. The summed E-state index contributed by atoms with van der Waals surface area (Å²) in [5.41, 5.74) is 2.20. The molecule has 0 aliphatic heterocycles. The van der Waals surface area contributed by atoms with E-state index in [-0.39, 0.29) is 0 Å². The van der Waals surface area contributed by atoms with Crippen LogP contribution in [0.2, 0.25) is 5.02 Å². The summed E-state index contributed by atoms with van der Waals surface area (Å²) >= 11 is 7.55. The summed E-state index contributed by atoms with van der Waals surface area (Å²) in [6, 6.07) is 5.80. The lowest BCUT2D eigenvalue weighted by molar-refractivity contribution is 0.199. The fourth-order valence-corrected chi connectivity index (χ4v) is 2.80. The molecule has 2 rings (SSSR count). The van der Waals surface area contributed by atoms with E-state index in [0.717, 1.165) is 32.7 Å². The van der Waals surface area contributed by atoms with Crippen LogP contribution in [0.4, 0.5) is 0 Å². The Labute approximate surface area is 121 Å². The summed E-state index contributed by atoms with van der Waals surface area (Å²) in [5.74, 6) is 0. The zero-order chi connectivity index (χ0) is 13.7. The van der Waals surface area contributed by atoms with Crippen molar-refractivity contribution in [1.29, 1.82) is 0 Å². The molecule has 0 unspecified atom stereocenters. The molecule has 1 aromatic heterocycles. The van der Waals surface area contributed by atoms with Crippen molar-refractivity contribution >= 4 is 22.9 Å². The summed E-state index contributed by atoms with van der Waals surface area (Å²) in [4.78, 5) is 0. The number of benzene rings is 1. The van der Waals surface area contributed by atoms with Crippen molar-refractivity contribution in [3.8, 4) is 10.6 Å². The Morgan fingerprint density at radius 2 is 2.21 bits per heavy atom. The molecule has 0 aliphatic carbocycles. The van der Waals surface area contributed by atoms with Crippen LogP contribution in [0.25, 0.3) is 10.6 Å². The van der Waals surface area contributed by atoms with Gasteiger partial charge in [-0.15, -0.1) is 10.2 Å². The lowest BCUT2D eigenvalue weighted by Crippen LogP contribution is -2.18. The molecule has 0 saturated carbocycles. The van der Waals surface area contributed by atoms with Crippen molar-refractivity contribution in [3.63, 3.8) is 0 Å². The van der Waals surface area contributed by atoms with Gasteiger partial charge in [-0.1, -0.05) is 29.0 Å². The highest BCUT2D eigenvalue weighted by Crippen LogP contribution is 2.28. The Balaban J connectivity index is 2.04. The minimum atomic E-state index is 0.696. The summed E-state index contributed by atoms with van der Waals surface area (Å²) < 4.78 is 4.97. The number of ether oxygens (including phenoxy) is 1. The van der Waals surface area contributed by atoms with Crippen LogP contribution in [0.5, 0.6) is 0 Å². The molecule has 0 bridgehead atoms. The van der Waals surface area contributed by atoms with Crippen molar-refractivity contribution in [1.82, 2.24) is 15.5 Å². The van der Waals surface area contributed by atoms with Gasteiger partial charge in [0.15, 0.2) is 0 Å². The first kappa shape index (κ1) is 14.4. The summed E-state index contributed by atoms with van der Waals surface area (Å²) in [6.07, 6.45) is 0. The molecule has 6 heteroatoms. The molecule has 0 atom stereocenters. The first-order valence-corrected chi connectivity index (χ1v) is 7.18. The fraction of sp³-hybridized carbons (Fsp3) is 0.385. The number of rotatable bonds is 6.